The summed E-state index contributed by atoms with van der Waals surface area (Å²) in [5, 5.41) is 5.51. The molecule has 2 fully saturated rings. The van der Waals surface area contributed by atoms with Gasteiger partial charge in [0.15, 0.2) is 9.84 Å². The van der Waals surface area contributed by atoms with Crippen LogP contribution in [0.5, 0.6) is 0 Å². The number of urea groups is 1. The van der Waals surface area contributed by atoms with Crippen molar-refractivity contribution in [3.05, 3.63) is 35.4 Å². The highest BCUT2D eigenvalue weighted by Gasteiger charge is 2.54. The van der Waals surface area contributed by atoms with Gasteiger partial charge in [0.2, 0.25) is 5.91 Å². The van der Waals surface area contributed by atoms with Gasteiger partial charge in [-0.3, -0.25) is 14.5 Å². The number of hydrogen-bond acceptors (Lipinski definition) is 5. The van der Waals surface area contributed by atoms with E-state index < -0.39 is 45.3 Å². The van der Waals surface area contributed by atoms with Gasteiger partial charge < -0.3 is 10.6 Å². The summed E-state index contributed by atoms with van der Waals surface area (Å²) < 4.78 is 23.4. The molecule has 0 saturated carbocycles. The molecule has 1 spiro atoms. The van der Waals surface area contributed by atoms with Gasteiger partial charge in [0.25, 0.3) is 5.91 Å². The SMILES string of the molecule is C[C@@]1(NC(=O)CN2C(=O)N[C@@]3(CCCc4ccccc43)C2=O)CCS(=O)(=O)C1. The van der Waals surface area contributed by atoms with Gasteiger partial charge in [0.1, 0.15) is 12.1 Å². The van der Waals surface area contributed by atoms with Gasteiger partial charge in [-0.15, -0.1) is 0 Å². The maximum Gasteiger partial charge on any atom is 0.325 e. The lowest BCUT2D eigenvalue weighted by Gasteiger charge is -2.33. The summed E-state index contributed by atoms with van der Waals surface area (Å²) in [7, 11) is -3.18. The van der Waals surface area contributed by atoms with Gasteiger partial charge in [0, 0.05) is 0 Å². The van der Waals surface area contributed by atoms with E-state index in [4.69, 9.17) is 0 Å². The van der Waals surface area contributed by atoms with Crippen LogP contribution in [0.1, 0.15) is 37.3 Å². The van der Waals surface area contributed by atoms with E-state index in [-0.39, 0.29) is 11.5 Å². The zero-order valence-corrected chi connectivity index (χ0v) is 16.5. The smallest absolute Gasteiger partial charge is 0.325 e. The molecule has 4 rings (SSSR count). The fourth-order valence-electron chi connectivity index (χ4n) is 4.58. The van der Waals surface area contributed by atoms with E-state index >= 15 is 0 Å². The van der Waals surface area contributed by atoms with Crippen LogP contribution in [-0.2, 0) is 31.4 Å². The first-order valence-electron chi connectivity index (χ1n) is 9.38. The summed E-state index contributed by atoms with van der Waals surface area (Å²) in [4.78, 5) is 39.2. The molecule has 2 aliphatic heterocycles. The minimum Gasteiger partial charge on any atom is -0.348 e. The van der Waals surface area contributed by atoms with E-state index in [1.165, 1.54) is 0 Å². The normalized spacial score (nSPS) is 31.0. The van der Waals surface area contributed by atoms with E-state index in [1.807, 2.05) is 24.3 Å². The first kappa shape index (κ1) is 18.9. The summed E-state index contributed by atoms with van der Waals surface area (Å²) >= 11 is 0. The van der Waals surface area contributed by atoms with E-state index in [1.54, 1.807) is 6.92 Å². The molecule has 2 heterocycles. The third kappa shape index (κ3) is 3.07. The topological polar surface area (TPSA) is 113 Å². The molecule has 3 aliphatic rings. The first-order valence-corrected chi connectivity index (χ1v) is 11.2. The molecule has 4 amide bonds. The minimum absolute atomic E-state index is 0.0206. The number of sulfone groups is 1. The molecule has 8 nitrogen and oxygen atoms in total. The highest BCUT2D eigenvalue weighted by Crippen LogP contribution is 2.39. The van der Waals surface area contributed by atoms with Crippen molar-refractivity contribution in [2.75, 3.05) is 18.1 Å². The van der Waals surface area contributed by atoms with Crippen molar-refractivity contribution in [2.45, 2.75) is 43.7 Å². The largest absolute Gasteiger partial charge is 0.348 e. The van der Waals surface area contributed by atoms with Crippen molar-refractivity contribution in [3.63, 3.8) is 0 Å². The second-order valence-electron chi connectivity index (χ2n) is 8.19. The van der Waals surface area contributed by atoms with Crippen LogP contribution in [0.15, 0.2) is 24.3 Å². The van der Waals surface area contributed by atoms with Crippen molar-refractivity contribution in [1.29, 1.82) is 0 Å². The lowest BCUT2D eigenvalue weighted by molar-refractivity contribution is -0.136. The number of imide groups is 1. The van der Waals surface area contributed by atoms with E-state index in [0.717, 1.165) is 28.9 Å². The van der Waals surface area contributed by atoms with Crippen LogP contribution in [0.2, 0.25) is 0 Å². The van der Waals surface area contributed by atoms with Gasteiger partial charge >= 0.3 is 6.03 Å². The molecule has 1 aromatic carbocycles. The minimum atomic E-state index is -3.18. The predicted octanol–water partition coefficient (Wildman–Crippen LogP) is 0.463. The monoisotopic (exact) mass is 405 g/mol. The summed E-state index contributed by atoms with van der Waals surface area (Å²) in [5.41, 5.74) is -0.175. The van der Waals surface area contributed by atoms with Crippen LogP contribution in [0, 0.1) is 0 Å². The van der Waals surface area contributed by atoms with Crippen molar-refractivity contribution >= 4 is 27.7 Å². The Balaban J connectivity index is 1.52. The van der Waals surface area contributed by atoms with Gasteiger partial charge in [-0.05, 0) is 43.7 Å². The Morgan fingerprint density at radius 2 is 2.00 bits per heavy atom. The number of aryl methyl sites for hydroxylation is 1. The highest BCUT2D eigenvalue weighted by molar-refractivity contribution is 7.91. The van der Waals surface area contributed by atoms with Gasteiger partial charge in [-0.25, -0.2) is 13.2 Å². The fraction of sp³-hybridized carbons (Fsp3) is 0.526. The molecule has 1 aromatic rings. The molecule has 2 saturated heterocycles. The zero-order chi connectivity index (χ0) is 20.2. The molecule has 150 valence electrons. The Morgan fingerprint density at radius 1 is 1.25 bits per heavy atom. The van der Waals surface area contributed by atoms with Crippen LogP contribution in [0.25, 0.3) is 0 Å². The number of carbonyl (C=O) groups is 3. The molecular formula is C19H23N3O5S. The lowest BCUT2D eigenvalue weighted by Crippen LogP contribution is -2.51. The molecule has 0 aromatic heterocycles. The van der Waals surface area contributed by atoms with Crippen LogP contribution >= 0.6 is 0 Å². The predicted molar refractivity (Wildman–Crippen MR) is 101 cm³/mol. The Morgan fingerprint density at radius 3 is 2.71 bits per heavy atom. The van der Waals surface area contributed by atoms with Gasteiger partial charge in [-0.1, -0.05) is 24.3 Å². The van der Waals surface area contributed by atoms with E-state index in [2.05, 4.69) is 10.6 Å². The average Bonchev–Trinajstić information content (AvgIpc) is 3.03. The number of nitrogens with one attached hydrogen (secondary N) is 2. The van der Waals surface area contributed by atoms with E-state index in [0.29, 0.717) is 12.8 Å². The molecule has 2 N–H and O–H groups in total. The fourth-order valence-corrected chi connectivity index (χ4v) is 6.68. The quantitative estimate of drug-likeness (QED) is 0.710. The number of nitrogens with zero attached hydrogens (tertiary/aromatic N) is 1. The summed E-state index contributed by atoms with van der Waals surface area (Å²) in [6, 6.07) is 6.94. The van der Waals surface area contributed by atoms with Crippen molar-refractivity contribution in [2.24, 2.45) is 0 Å². The molecule has 0 unspecified atom stereocenters. The maximum atomic E-state index is 13.2. The Kier molecular flexibility index (Phi) is 4.26. The second kappa shape index (κ2) is 6.30. The number of carbonyl (C=O) groups excluding carboxylic acids is 3. The standard InChI is InChI=1S/C19H23N3O5S/c1-18(9-10-28(26,27)12-18)20-15(23)11-22-16(24)19(21-17(22)25)8-4-6-13-5-2-3-7-14(13)19/h2-3,5,7H,4,6,8-12H2,1H3,(H,20,23)(H,21,25)/t18-,19-/m1/s1. The lowest BCUT2D eigenvalue weighted by atomic mass is 9.76. The third-order valence-corrected chi connectivity index (χ3v) is 7.80. The second-order valence-corrected chi connectivity index (χ2v) is 10.4. The summed E-state index contributed by atoms with van der Waals surface area (Å²) in [6.07, 6.45) is 2.41. The Labute approximate surface area is 163 Å². The van der Waals surface area contributed by atoms with Gasteiger partial charge in [-0.2, -0.15) is 0 Å². The van der Waals surface area contributed by atoms with Crippen molar-refractivity contribution in [1.82, 2.24) is 15.5 Å². The molecular weight excluding hydrogens is 382 g/mol. The zero-order valence-electron chi connectivity index (χ0n) is 15.7. The summed E-state index contributed by atoms with van der Waals surface area (Å²) in [5.74, 6) is -1.08. The number of benzene rings is 1. The molecule has 9 heteroatoms. The van der Waals surface area contributed by atoms with Crippen LogP contribution in [-0.4, -0.2) is 54.8 Å². The Bertz CT molecular complexity index is 976. The molecule has 1 aliphatic carbocycles. The molecule has 0 radical (unpaired) electrons. The molecule has 2 atom stereocenters. The van der Waals surface area contributed by atoms with Crippen LogP contribution in [0.3, 0.4) is 0 Å². The number of amides is 4. The molecule has 28 heavy (non-hydrogen) atoms. The molecule has 0 bridgehead atoms. The van der Waals surface area contributed by atoms with Crippen LogP contribution < -0.4 is 10.6 Å². The summed E-state index contributed by atoms with van der Waals surface area (Å²) in [6.45, 7) is 1.24. The van der Waals surface area contributed by atoms with Crippen molar-refractivity contribution in [3.8, 4) is 0 Å². The van der Waals surface area contributed by atoms with E-state index in [9.17, 15) is 22.8 Å². The number of fused-ring (bicyclic) bond motifs is 2. The Hall–Kier alpha value is -2.42. The first-order chi connectivity index (χ1) is 13.1. The van der Waals surface area contributed by atoms with Crippen molar-refractivity contribution < 1.29 is 22.8 Å². The number of rotatable bonds is 3. The maximum absolute atomic E-state index is 13.2. The average molecular weight is 405 g/mol. The highest BCUT2D eigenvalue weighted by atomic mass is 32.2. The van der Waals surface area contributed by atoms with Gasteiger partial charge in [0.05, 0.1) is 17.0 Å². The van der Waals surface area contributed by atoms with Crippen LogP contribution in [0.4, 0.5) is 4.79 Å². The third-order valence-electron chi connectivity index (χ3n) is 5.90. The number of hydrogen-bond donors (Lipinski definition) is 2.